The second kappa shape index (κ2) is 3.71. The van der Waals surface area contributed by atoms with Gasteiger partial charge in [0.1, 0.15) is 0 Å². The number of hydrogen-bond donors (Lipinski definition) is 1. The highest BCUT2D eigenvalue weighted by Gasteiger charge is 2.19. The molecule has 0 fully saturated rings. The van der Waals surface area contributed by atoms with Crippen LogP contribution in [-0.4, -0.2) is 6.04 Å². The Morgan fingerprint density at radius 3 is 1.78 bits per heavy atom. The lowest BCUT2D eigenvalue weighted by molar-refractivity contribution is 0.372. The van der Waals surface area contributed by atoms with Crippen molar-refractivity contribution >= 4 is 12.4 Å². The smallest absolute Gasteiger partial charge is 0.0976 e. The van der Waals surface area contributed by atoms with E-state index in [4.69, 9.17) is 11.0 Å². The van der Waals surface area contributed by atoms with Crippen molar-refractivity contribution in [2.45, 2.75) is 26.8 Å². The molecule has 0 aromatic carbocycles. The molecule has 0 rings (SSSR count). The van der Waals surface area contributed by atoms with Crippen molar-refractivity contribution in [3.05, 3.63) is 0 Å². The lowest BCUT2D eigenvalue weighted by Crippen LogP contribution is -2.33. The Bertz CT molecular complexity index is 109. The number of nitrogens with two attached hydrogens (primary N) is 1. The van der Waals surface area contributed by atoms with Gasteiger partial charge in [-0.25, -0.2) is 0 Å². The van der Waals surface area contributed by atoms with E-state index in [0.29, 0.717) is 0 Å². The van der Waals surface area contributed by atoms with E-state index in [1.54, 1.807) is 0 Å². The van der Waals surface area contributed by atoms with Crippen molar-refractivity contribution in [2.24, 2.45) is 11.1 Å². The van der Waals surface area contributed by atoms with Crippen LogP contribution < -0.4 is 5.73 Å². The zero-order valence-corrected chi connectivity index (χ0v) is 6.83. The molecule has 3 heteroatoms. The van der Waals surface area contributed by atoms with Crippen LogP contribution in [-0.2, 0) is 0 Å². The van der Waals surface area contributed by atoms with Gasteiger partial charge < -0.3 is 5.73 Å². The molecule has 2 N–H and O–H groups in total. The van der Waals surface area contributed by atoms with Gasteiger partial charge in [-0.3, -0.25) is 0 Å². The minimum Gasteiger partial charge on any atom is -0.315 e. The number of nitriles is 1. The second-order valence-corrected chi connectivity index (χ2v) is 2.97. The SMILES string of the molecule is CC(C)(C)[C@@H](N)C#N.Cl. The van der Waals surface area contributed by atoms with Crippen LogP contribution in [0.3, 0.4) is 0 Å². The molecule has 0 radical (unpaired) electrons. The van der Waals surface area contributed by atoms with Gasteiger partial charge >= 0.3 is 0 Å². The fraction of sp³-hybridized carbons (Fsp3) is 0.833. The van der Waals surface area contributed by atoms with Crippen molar-refractivity contribution in [1.82, 2.24) is 0 Å². The summed E-state index contributed by atoms with van der Waals surface area (Å²) in [5.41, 5.74) is 5.31. The fourth-order valence-electron chi connectivity index (χ4n) is 0.194. The van der Waals surface area contributed by atoms with E-state index in [9.17, 15) is 0 Å². The molecule has 0 saturated carbocycles. The molecule has 2 nitrogen and oxygen atoms in total. The van der Waals surface area contributed by atoms with E-state index in [2.05, 4.69) is 0 Å². The zero-order valence-electron chi connectivity index (χ0n) is 6.01. The molecule has 9 heavy (non-hydrogen) atoms. The normalized spacial score (nSPS) is 13.2. The van der Waals surface area contributed by atoms with E-state index in [1.807, 2.05) is 26.8 Å². The van der Waals surface area contributed by atoms with Crippen LogP contribution in [0.25, 0.3) is 0 Å². The highest BCUT2D eigenvalue weighted by Crippen LogP contribution is 2.15. The van der Waals surface area contributed by atoms with E-state index >= 15 is 0 Å². The van der Waals surface area contributed by atoms with Gasteiger partial charge in [-0.2, -0.15) is 5.26 Å². The average Bonchev–Trinajstić information content (AvgIpc) is 1.62. The standard InChI is InChI=1S/C6H12N2.ClH/c1-6(2,3)5(8)4-7;/h5H,8H2,1-3H3;1H/t5-;/m0./s1. The summed E-state index contributed by atoms with van der Waals surface area (Å²) in [4.78, 5) is 0. The number of hydrogen-bond acceptors (Lipinski definition) is 2. The van der Waals surface area contributed by atoms with Crippen LogP contribution in [0.1, 0.15) is 20.8 Å². The van der Waals surface area contributed by atoms with Crippen molar-refractivity contribution in [3.63, 3.8) is 0 Å². The van der Waals surface area contributed by atoms with E-state index < -0.39 is 0 Å². The highest BCUT2D eigenvalue weighted by molar-refractivity contribution is 5.85. The van der Waals surface area contributed by atoms with Gasteiger partial charge in [0.2, 0.25) is 0 Å². The summed E-state index contributed by atoms with van der Waals surface area (Å²) in [5, 5.41) is 8.30. The number of halogens is 1. The maximum absolute atomic E-state index is 8.30. The molecule has 0 aromatic rings. The molecule has 0 aliphatic heterocycles. The van der Waals surface area contributed by atoms with E-state index in [0.717, 1.165) is 0 Å². The maximum atomic E-state index is 8.30. The summed E-state index contributed by atoms with van der Waals surface area (Å²) in [7, 11) is 0. The Labute approximate surface area is 62.4 Å². The fourth-order valence-corrected chi connectivity index (χ4v) is 0.194. The summed E-state index contributed by atoms with van der Waals surface area (Å²) in [6, 6.07) is 1.64. The molecular weight excluding hydrogens is 136 g/mol. The van der Waals surface area contributed by atoms with Gasteiger partial charge in [-0.15, -0.1) is 12.4 Å². The molecule has 0 bridgehead atoms. The van der Waals surface area contributed by atoms with Gasteiger partial charge in [-0.05, 0) is 5.41 Å². The molecular formula is C6H13ClN2. The average molecular weight is 149 g/mol. The van der Waals surface area contributed by atoms with Gasteiger partial charge in [0.25, 0.3) is 0 Å². The van der Waals surface area contributed by atoms with Crippen LogP contribution in [0.5, 0.6) is 0 Å². The summed E-state index contributed by atoms with van der Waals surface area (Å²) in [6.07, 6.45) is 0. The molecule has 0 heterocycles. The van der Waals surface area contributed by atoms with Crippen LogP contribution in [0, 0.1) is 16.7 Å². The van der Waals surface area contributed by atoms with Gasteiger partial charge in [0.15, 0.2) is 0 Å². The minimum absolute atomic E-state index is 0. The Morgan fingerprint density at radius 2 is 1.78 bits per heavy atom. The summed E-state index contributed by atoms with van der Waals surface area (Å²) in [5.74, 6) is 0. The van der Waals surface area contributed by atoms with Gasteiger partial charge in [0.05, 0.1) is 12.1 Å². The Balaban J connectivity index is 0. The first-order valence-electron chi connectivity index (χ1n) is 2.63. The van der Waals surface area contributed by atoms with Gasteiger partial charge in [0, 0.05) is 0 Å². The first-order valence-corrected chi connectivity index (χ1v) is 2.63. The number of nitrogens with zero attached hydrogens (tertiary/aromatic N) is 1. The quantitative estimate of drug-likeness (QED) is 0.563. The predicted molar refractivity (Wildman–Crippen MR) is 40.3 cm³/mol. The van der Waals surface area contributed by atoms with Crippen LogP contribution in [0.2, 0.25) is 0 Å². The Morgan fingerprint density at radius 1 is 1.44 bits per heavy atom. The predicted octanol–water partition coefficient (Wildman–Crippen LogP) is 1.31. The molecule has 0 unspecified atom stereocenters. The van der Waals surface area contributed by atoms with E-state index in [-0.39, 0.29) is 23.9 Å². The van der Waals surface area contributed by atoms with Crippen molar-refractivity contribution in [2.75, 3.05) is 0 Å². The summed E-state index contributed by atoms with van der Waals surface area (Å²) >= 11 is 0. The monoisotopic (exact) mass is 148 g/mol. The second-order valence-electron chi connectivity index (χ2n) is 2.97. The molecule has 0 aliphatic rings. The summed E-state index contributed by atoms with van der Waals surface area (Å²) < 4.78 is 0. The largest absolute Gasteiger partial charge is 0.315 e. The number of rotatable bonds is 0. The minimum atomic E-state index is -0.345. The Kier molecular flexibility index (Phi) is 4.75. The molecule has 0 spiro atoms. The third kappa shape index (κ3) is 4.26. The van der Waals surface area contributed by atoms with Crippen molar-refractivity contribution in [1.29, 1.82) is 5.26 Å². The first kappa shape index (κ1) is 11.5. The van der Waals surface area contributed by atoms with Crippen molar-refractivity contribution < 1.29 is 0 Å². The maximum Gasteiger partial charge on any atom is 0.0976 e. The molecule has 0 saturated heterocycles. The highest BCUT2D eigenvalue weighted by atomic mass is 35.5. The third-order valence-electron chi connectivity index (χ3n) is 1.07. The Hall–Kier alpha value is -0.260. The topological polar surface area (TPSA) is 49.8 Å². The van der Waals surface area contributed by atoms with Crippen LogP contribution >= 0.6 is 12.4 Å². The van der Waals surface area contributed by atoms with E-state index in [1.165, 1.54) is 0 Å². The lowest BCUT2D eigenvalue weighted by atomic mass is 9.89. The van der Waals surface area contributed by atoms with Gasteiger partial charge in [-0.1, -0.05) is 20.8 Å². The zero-order chi connectivity index (χ0) is 6.78. The molecule has 0 amide bonds. The molecule has 0 aliphatic carbocycles. The van der Waals surface area contributed by atoms with Crippen LogP contribution in [0.4, 0.5) is 0 Å². The van der Waals surface area contributed by atoms with Crippen molar-refractivity contribution in [3.8, 4) is 6.07 Å². The third-order valence-corrected chi connectivity index (χ3v) is 1.07. The lowest BCUT2D eigenvalue weighted by Gasteiger charge is -2.19. The first-order chi connectivity index (χ1) is 3.48. The van der Waals surface area contributed by atoms with Crippen LogP contribution in [0.15, 0.2) is 0 Å². The summed E-state index contributed by atoms with van der Waals surface area (Å²) in [6.45, 7) is 5.84. The molecule has 0 aromatic heterocycles. The molecule has 1 atom stereocenters. The molecule has 54 valence electrons.